The number of thioether (sulfide) groups is 1. The van der Waals surface area contributed by atoms with Crippen LogP contribution in [-0.4, -0.2) is 33.4 Å². The van der Waals surface area contributed by atoms with Crippen LogP contribution in [-0.2, 0) is 0 Å². The van der Waals surface area contributed by atoms with Crippen molar-refractivity contribution in [3.63, 3.8) is 0 Å². The predicted octanol–water partition coefficient (Wildman–Crippen LogP) is 5.80. The molecule has 0 radical (unpaired) electrons. The number of hydrogen-bond acceptors (Lipinski definition) is 2. The lowest BCUT2D eigenvalue weighted by molar-refractivity contribution is -0.0133. The number of halogens is 3. The van der Waals surface area contributed by atoms with Gasteiger partial charge in [-0.25, -0.2) is 8.78 Å². The standard InChI is InChI=1S/C13H15F3OS.C7H6OS/c14-9-4-7-13(15,16)8-10-18-12(17)11-5-2-1-3-6-11;8-7(9)6-4-2-1-3-5-6/h1-3,5-6H,4,7-10H2;1-5H,(H,8,9)/p+1. The minimum atomic E-state index is -2.85. The summed E-state index contributed by atoms with van der Waals surface area (Å²) in [7, 11) is 0. The summed E-state index contributed by atoms with van der Waals surface area (Å²) >= 11 is 4.64. The lowest BCUT2D eigenvalue weighted by Crippen LogP contribution is -2.17. The van der Waals surface area contributed by atoms with Crippen LogP contribution in [0.2, 0.25) is 0 Å². The number of thiol groups is 1. The zero-order valence-corrected chi connectivity index (χ0v) is 16.4. The minimum Gasteiger partial charge on any atom is -0.282 e. The van der Waals surface area contributed by atoms with E-state index in [1.54, 1.807) is 36.4 Å². The molecular weight excluding hydrogens is 393 g/mol. The first kappa shape index (κ1) is 23.3. The molecule has 1 N–H and O–H groups in total. The number of rotatable bonds is 8. The van der Waals surface area contributed by atoms with E-state index < -0.39 is 19.0 Å². The van der Waals surface area contributed by atoms with Crippen LogP contribution < -0.4 is 0 Å². The molecule has 0 amide bonds. The number of hydrogen-bond donors (Lipinski definition) is 1. The lowest BCUT2D eigenvalue weighted by Gasteiger charge is -2.13. The maximum absolute atomic E-state index is 13.2. The molecule has 27 heavy (non-hydrogen) atoms. The van der Waals surface area contributed by atoms with Crippen molar-refractivity contribution in [1.29, 1.82) is 0 Å². The Kier molecular flexibility index (Phi) is 10.9. The second-order valence-electron chi connectivity index (χ2n) is 5.59. The van der Waals surface area contributed by atoms with Gasteiger partial charge in [0.05, 0.1) is 12.2 Å². The molecule has 0 aliphatic carbocycles. The van der Waals surface area contributed by atoms with E-state index in [4.69, 9.17) is 0 Å². The second kappa shape index (κ2) is 12.6. The fraction of sp³-hybridized carbons (Fsp3) is 0.300. The number of benzene rings is 2. The first-order chi connectivity index (χ1) is 12.9. The normalized spacial score (nSPS) is 10.7. The predicted molar refractivity (Wildman–Crippen MR) is 109 cm³/mol. The first-order valence-corrected chi connectivity index (χ1v) is 9.75. The smallest absolute Gasteiger partial charge is 0.282 e. The van der Waals surface area contributed by atoms with E-state index in [1.807, 2.05) is 24.3 Å². The average Bonchev–Trinajstić information content (AvgIpc) is 2.68. The molecule has 146 valence electrons. The second-order valence-corrected chi connectivity index (χ2v) is 7.08. The maximum Gasteiger partial charge on any atom is 0.382 e. The van der Waals surface area contributed by atoms with Crippen molar-refractivity contribution < 1.29 is 22.8 Å². The van der Waals surface area contributed by atoms with E-state index >= 15 is 0 Å². The summed E-state index contributed by atoms with van der Waals surface area (Å²) in [6.07, 6.45) is -0.906. The van der Waals surface area contributed by atoms with Crippen LogP contribution in [0.1, 0.15) is 35.2 Å². The zero-order chi connectivity index (χ0) is 20.1. The summed E-state index contributed by atoms with van der Waals surface area (Å²) in [5, 5.41) is -0.146. The van der Waals surface area contributed by atoms with Crippen LogP contribution in [0.3, 0.4) is 0 Å². The fourth-order valence-electron chi connectivity index (χ4n) is 1.99. The molecular formula is C20H22F3O2S2+. The van der Waals surface area contributed by atoms with Gasteiger partial charge in [-0.3, -0.25) is 14.0 Å². The number of alkyl halides is 3. The van der Waals surface area contributed by atoms with Gasteiger partial charge in [0.25, 0.3) is 0 Å². The van der Waals surface area contributed by atoms with Gasteiger partial charge in [0.2, 0.25) is 11.0 Å². The van der Waals surface area contributed by atoms with Crippen molar-refractivity contribution >= 4 is 34.6 Å². The summed E-state index contributed by atoms with van der Waals surface area (Å²) < 4.78 is 38.2. The Morgan fingerprint density at radius 2 is 1.48 bits per heavy atom. The van der Waals surface area contributed by atoms with Crippen LogP contribution in [0.4, 0.5) is 13.2 Å². The van der Waals surface area contributed by atoms with Gasteiger partial charge in [-0.15, -0.1) is 12.6 Å². The van der Waals surface area contributed by atoms with E-state index in [2.05, 4.69) is 12.6 Å². The SMILES string of the molecule is O=C(S)c1ccccc1.[OH+]=C(SCCC(F)(F)CCCF)c1ccccc1. The van der Waals surface area contributed by atoms with Gasteiger partial charge in [-0.1, -0.05) is 48.5 Å². The zero-order valence-electron chi connectivity index (χ0n) is 14.7. The summed E-state index contributed by atoms with van der Waals surface area (Å²) in [6.45, 7) is -0.718. The van der Waals surface area contributed by atoms with Gasteiger partial charge in [-0.05, 0) is 30.3 Å². The Labute approximate surface area is 167 Å². The molecule has 2 nitrogen and oxygen atoms in total. The van der Waals surface area contributed by atoms with Gasteiger partial charge in [-0.2, -0.15) is 0 Å². The third-order valence-corrected chi connectivity index (χ3v) is 4.60. The Morgan fingerprint density at radius 1 is 0.963 bits per heavy atom. The molecule has 0 saturated carbocycles. The third-order valence-electron chi connectivity index (χ3n) is 3.42. The van der Waals surface area contributed by atoms with Gasteiger partial charge < -0.3 is 0 Å². The van der Waals surface area contributed by atoms with Crippen LogP contribution in [0.25, 0.3) is 0 Å². The van der Waals surface area contributed by atoms with Crippen LogP contribution >= 0.6 is 24.4 Å². The van der Waals surface area contributed by atoms with Crippen molar-refractivity contribution in [2.24, 2.45) is 0 Å². The minimum absolute atomic E-state index is 0.0388. The Balaban J connectivity index is 0.000000337. The quantitative estimate of drug-likeness (QED) is 0.437. The molecule has 0 heterocycles. The Bertz CT molecular complexity index is 695. The summed E-state index contributed by atoms with van der Waals surface area (Å²) in [5.74, 6) is -2.74. The molecule has 0 spiro atoms. The third kappa shape index (κ3) is 10.2. The van der Waals surface area contributed by atoms with Crippen molar-refractivity contribution in [3.05, 3.63) is 71.8 Å². The first-order valence-electron chi connectivity index (χ1n) is 8.32. The maximum atomic E-state index is 13.2. The van der Waals surface area contributed by atoms with Gasteiger partial charge >= 0.3 is 5.12 Å². The molecule has 0 unspecified atom stereocenters. The largest absolute Gasteiger partial charge is 0.382 e. The van der Waals surface area contributed by atoms with Gasteiger partial charge in [0, 0.05) is 24.2 Å². The molecule has 2 rings (SSSR count). The highest BCUT2D eigenvalue weighted by atomic mass is 32.2. The van der Waals surface area contributed by atoms with Crippen LogP contribution in [0.5, 0.6) is 0 Å². The number of carbonyl (C=O) groups excluding carboxylic acids is 2. The Hall–Kier alpha value is -1.73. The van der Waals surface area contributed by atoms with E-state index in [1.165, 1.54) is 0 Å². The highest BCUT2D eigenvalue weighted by Crippen LogP contribution is 2.27. The molecule has 0 aliphatic heterocycles. The van der Waals surface area contributed by atoms with Crippen LogP contribution in [0, 0.1) is 0 Å². The van der Waals surface area contributed by atoms with Gasteiger partial charge in [0.15, 0.2) is 0 Å². The number of carbonyl (C=O) groups is 1. The van der Waals surface area contributed by atoms with E-state index in [-0.39, 0.29) is 28.8 Å². The van der Waals surface area contributed by atoms with Crippen LogP contribution in [0.15, 0.2) is 60.7 Å². The monoisotopic (exact) mass is 415 g/mol. The van der Waals surface area contributed by atoms with Gasteiger partial charge in [0.1, 0.15) is 0 Å². The lowest BCUT2D eigenvalue weighted by atomic mass is 10.1. The molecule has 0 atom stereocenters. The topological polar surface area (TPSA) is 38.5 Å². The molecule has 0 fully saturated rings. The summed E-state index contributed by atoms with van der Waals surface area (Å²) in [4.78, 5) is 20.2. The molecule has 0 aromatic heterocycles. The van der Waals surface area contributed by atoms with Crippen molar-refractivity contribution in [2.45, 2.75) is 25.2 Å². The molecule has 0 aliphatic rings. The summed E-state index contributed by atoms with van der Waals surface area (Å²) in [6, 6.07) is 17.7. The molecule has 0 bridgehead atoms. The van der Waals surface area contributed by atoms with Crippen molar-refractivity contribution in [2.75, 3.05) is 12.4 Å². The summed E-state index contributed by atoms with van der Waals surface area (Å²) in [5.41, 5.74) is 1.26. The molecule has 2 aromatic rings. The highest BCUT2D eigenvalue weighted by molar-refractivity contribution is 8.14. The van der Waals surface area contributed by atoms with E-state index in [0.29, 0.717) is 11.1 Å². The molecule has 0 saturated heterocycles. The van der Waals surface area contributed by atoms with Crippen molar-refractivity contribution in [3.8, 4) is 0 Å². The average molecular weight is 416 g/mol. The molecule has 2 aromatic carbocycles. The highest BCUT2D eigenvalue weighted by Gasteiger charge is 2.28. The van der Waals surface area contributed by atoms with Crippen molar-refractivity contribution in [1.82, 2.24) is 0 Å². The fourth-order valence-corrected chi connectivity index (χ4v) is 3.04. The molecule has 7 heteroatoms. The Morgan fingerprint density at radius 3 is 1.93 bits per heavy atom. The van der Waals surface area contributed by atoms with E-state index in [0.717, 1.165) is 11.8 Å². The van der Waals surface area contributed by atoms with E-state index in [9.17, 15) is 22.8 Å².